The summed E-state index contributed by atoms with van der Waals surface area (Å²) in [5.41, 5.74) is 1.77. The monoisotopic (exact) mass is 436 g/mol. The second-order valence-corrected chi connectivity index (χ2v) is 8.35. The van der Waals surface area contributed by atoms with Gasteiger partial charge in [-0.3, -0.25) is 19.4 Å². The standard InChI is InChI=1S/C25H32N4O3/c1-20(25(31)29-16-18-32-19-17-29)27-12-14-28(15-13-27)23(21-8-4-2-5-9-21)24(30)26-22-10-6-3-7-11-22/h2-11,20,23H,12-19H2,1H3,(H,26,30). The van der Waals surface area contributed by atoms with Crippen LogP contribution in [-0.2, 0) is 14.3 Å². The fourth-order valence-electron chi connectivity index (χ4n) is 4.48. The minimum absolute atomic E-state index is 0.0340. The smallest absolute Gasteiger partial charge is 0.246 e. The molecule has 0 radical (unpaired) electrons. The zero-order chi connectivity index (χ0) is 22.3. The van der Waals surface area contributed by atoms with Crippen LogP contribution in [-0.4, -0.2) is 85.0 Å². The maximum atomic E-state index is 13.3. The number of piperazine rings is 1. The first-order valence-corrected chi connectivity index (χ1v) is 11.4. The molecule has 2 aliphatic rings. The molecule has 2 atom stereocenters. The molecule has 4 rings (SSSR count). The minimum atomic E-state index is -0.371. The van der Waals surface area contributed by atoms with Crippen LogP contribution in [0, 0.1) is 0 Å². The second kappa shape index (κ2) is 10.7. The maximum Gasteiger partial charge on any atom is 0.246 e. The Bertz CT molecular complexity index is 879. The van der Waals surface area contributed by atoms with Gasteiger partial charge < -0.3 is 15.0 Å². The summed E-state index contributed by atoms with van der Waals surface area (Å²) in [4.78, 5) is 32.5. The van der Waals surface area contributed by atoms with Crippen molar-refractivity contribution in [2.75, 3.05) is 57.8 Å². The summed E-state index contributed by atoms with van der Waals surface area (Å²) in [6.45, 7) is 7.49. The van der Waals surface area contributed by atoms with Gasteiger partial charge in [0, 0.05) is 45.0 Å². The Morgan fingerprint density at radius 3 is 2.00 bits per heavy atom. The molecule has 7 heteroatoms. The zero-order valence-corrected chi connectivity index (χ0v) is 18.7. The van der Waals surface area contributed by atoms with Gasteiger partial charge in [0.15, 0.2) is 0 Å². The second-order valence-electron chi connectivity index (χ2n) is 8.35. The van der Waals surface area contributed by atoms with Crippen LogP contribution < -0.4 is 5.32 Å². The van der Waals surface area contributed by atoms with E-state index in [4.69, 9.17) is 4.74 Å². The van der Waals surface area contributed by atoms with Gasteiger partial charge >= 0.3 is 0 Å². The normalized spacial score (nSPS) is 19.8. The molecule has 2 fully saturated rings. The fourth-order valence-corrected chi connectivity index (χ4v) is 4.48. The van der Waals surface area contributed by atoms with Crippen molar-refractivity contribution < 1.29 is 14.3 Å². The molecule has 0 spiro atoms. The number of amides is 2. The Hall–Kier alpha value is -2.74. The molecule has 0 saturated carbocycles. The molecule has 32 heavy (non-hydrogen) atoms. The Morgan fingerprint density at radius 2 is 1.38 bits per heavy atom. The predicted molar refractivity (Wildman–Crippen MR) is 124 cm³/mol. The van der Waals surface area contributed by atoms with Crippen molar-refractivity contribution >= 4 is 17.5 Å². The average Bonchev–Trinajstić information content (AvgIpc) is 2.85. The van der Waals surface area contributed by atoms with Crippen LogP contribution in [0.15, 0.2) is 60.7 Å². The number of hydrogen-bond acceptors (Lipinski definition) is 5. The highest BCUT2D eigenvalue weighted by molar-refractivity contribution is 5.95. The van der Waals surface area contributed by atoms with Crippen LogP contribution in [0.5, 0.6) is 0 Å². The third-order valence-electron chi connectivity index (χ3n) is 6.35. The summed E-state index contributed by atoms with van der Waals surface area (Å²) in [7, 11) is 0. The molecule has 2 amide bonds. The summed E-state index contributed by atoms with van der Waals surface area (Å²) in [6.07, 6.45) is 0. The quantitative estimate of drug-likeness (QED) is 0.752. The molecule has 0 aliphatic carbocycles. The van der Waals surface area contributed by atoms with Gasteiger partial charge in [0.05, 0.1) is 19.3 Å². The summed E-state index contributed by atoms with van der Waals surface area (Å²) < 4.78 is 5.37. The van der Waals surface area contributed by atoms with Crippen molar-refractivity contribution in [3.63, 3.8) is 0 Å². The van der Waals surface area contributed by atoms with Gasteiger partial charge in [-0.05, 0) is 24.6 Å². The molecule has 2 saturated heterocycles. The molecule has 2 aliphatic heterocycles. The van der Waals surface area contributed by atoms with Crippen LogP contribution in [0.4, 0.5) is 5.69 Å². The van der Waals surface area contributed by atoms with E-state index in [2.05, 4.69) is 15.1 Å². The van der Waals surface area contributed by atoms with E-state index >= 15 is 0 Å². The minimum Gasteiger partial charge on any atom is -0.378 e. The number of benzene rings is 2. The first kappa shape index (κ1) is 22.5. The van der Waals surface area contributed by atoms with Gasteiger partial charge in [0.1, 0.15) is 6.04 Å². The van der Waals surface area contributed by atoms with Gasteiger partial charge in [-0.2, -0.15) is 0 Å². The van der Waals surface area contributed by atoms with Crippen molar-refractivity contribution in [2.45, 2.75) is 19.0 Å². The molecule has 0 aromatic heterocycles. The number of anilines is 1. The van der Waals surface area contributed by atoms with Gasteiger partial charge in [-0.25, -0.2) is 0 Å². The SMILES string of the molecule is CC(C(=O)N1CCOCC1)N1CCN(C(C(=O)Nc2ccccc2)c2ccccc2)CC1. The Morgan fingerprint density at radius 1 is 0.812 bits per heavy atom. The molecule has 170 valence electrons. The molecule has 2 aromatic rings. The number of hydrogen-bond donors (Lipinski definition) is 1. The van der Waals surface area contributed by atoms with E-state index in [0.29, 0.717) is 26.3 Å². The number of carbonyl (C=O) groups is 2. The Balaban J connectivity index is 1.42. The van der Waals surface area contributed by atoms with Gasteiger partial charge in [-0.15, -0.1) is 0 Å². The number of carbonyl (C=O) groups excluding carboxylic acids is 2. The number of ether oxygens (including phenoxy) is 1. The molecule has 2 aromatic carbocycles. The predicted octanol–water partition coefficient (Wildman–Crippen LogP) is 2.23. The van der Waals surface area contributed by atoms with Gasteiger partial charge in [-0.1, -0.05) is 48.5 Å². The fraction of sp³-hybridized carbons (Fsp3) is 0.440. The lowest BCUT2D eigenvalue weighted by Gasteiger charge is -2.41. The van der Waals surface area contributed by atoms with E-state index in [1.807, 2.05) is 72.5 Å². The van der Waals surface area contributed by atoms with Gasteiger partial charge in [0.25, 0.3) is 0 Å². The van der Waals surface area contributed by atoms with Gasteiger partial charge in [0.2, 0.25) is 11.8 Å². The third-order valence-corrected chi connectivity index (χ3v) is 6.35. The van der Waals surface area contributed by atoms with E-state index in [0.717, 1.165) is 37.4 Å². The lowest BCUT2D eigenvalue weighted by molar-refractivity contribution is -0.141. The molecule has 7 nitrogen and oxygen atoms in total. The number of nitrogens with zero attached hydrogens (tertiary/aromatic N) is 3. The van der Waals surface area contributed by atoms with Crippen molar-refractivity contribution in [3.05, 3.63) is 66.2 Å². The number of para-hydroxylation sites is 1. The molecule has 2 unspecified atom stereocenters. The topological polar surface area (TPSA) is 65.1 Å². The van der Waals surface area contributed by atoms with Crippen LogP contribution in [0.1, 0.15) is 18.5 Å². The zero-order valence-electron chi connectivity index (χ0n) is 18.7. The molecule has 1 N–H and O–H groups in total. The van der Waals surface area contributed by atoms with Crippen molar-refractivity contribution in [1.29, 1.82) is 0 Å². The highest BCUT2D eigenvalue weighted by Crippen LogP contribution is 2.25. The Labute approximate surface area is 189 Å². The molecule has 2 heterocycles. The van der Waals surface area contributed by atoms with E-state index in [9.17, 15) is 9.59 Å². The van der Waals surface area contributed by atoms with E-state index in [-0.39, 0.29) is 23.9 Å². The summed E-state index contributed by atoms with van der Waals surface area (Å²) in [5.74, 6) is 0.136. The summed E-state index contributed by atoms with van der Waals surface area (Å²) in [5, 5.41) is 3.07. The number of rotatable bonds is 6. The number of morpholine rings is 1. The van der Waals surface area contributed by atoms with E-state index < -0.39 is 0 Å². The first-order valence-electron chi connectivity index (χ1n) is 11.4. The van der Waals surface area contributed by atoms with Crippen molar-refractivity contribution in [2.24, 2.45) is 0 Å². The van der Waals surface area contributed by atoms with Crippen LogP contribution in [0.2, 0.25) is 0 Å². The molecular formula is C25H32N4O3. The first-order chi connectivity index (χ1) is 15.6. The van der Waals surface area contributed by atoms with Crippen LogP contribution in [0.25, 0.3) is 0 Å². The molecular weight excluding hydrogens is 404 g/mol. The Kier molecular flexibility index (Phi) is 7.52. The largest absolute Gasteiger partial charge is 0.378 e. The summed E-state index contributed by atoms with van der Waals surface area (Å²) in [6, 6.07) is 18.9. The van der Waals surface area contributed by atoms with Crippen LogP contribution in [0.3, 0.4) is 0 Å². The molecule has 0 bridgehead atoms. The lowest BCUT2D eigenvalue weighted by atomic mass is 10.0. The highest BCUT2D eigenvalue weighted by Gasteiger charge is 2.34. The van der Waals surface area contributed by atoms with E-state index in [1.165, 1.54) is 0 Å². The van der Waals surface area contributed by atoms with Crippen molar-refractivity contribution in [3.8, 4) is 0 Å². The van der Waals surface area contributed by atoms with Crippen LogP contribution >= 0.6 is 0 Å². The van der Waals surface area contributed by atoms with Crippen molar-refractivity contribution in [1.82, 2.24) is 14.7 Å². The summed E-state index contributed by atoms with van der Waals surface area (Å²) >= 11 is 0. The average molecular weight is 437 g/mol. The maximum absolute atomic E-state index is 13.3. The lowest BCUT2D eigenvalue weighted by Crippen LogP contribution is -2.57. The highest BCUT2D eigenvalue weighted by atomic mass is 16.5. The number of nitrogens with one attached hydrogen (secondary N) is 1. The van der Waals surface area contributed by atoms with E-state index in [1.54, 1.807) is 0 Å². The third kappa shape index (κ3) is 5.35.